The summed E-state index contributed by atoms with van der Waals surface area (Å²) >= 11 is 0. The molecule has 6 heteroatoms. The van der Waals surface area contributed by atoms with Gasteiger partial charge in [0.15, 0.2) is 0 Å². The van der Waals surface area contributed by atoms with E-state index < -0.39 is 16.0 Å². The van der Waals surface area contributed by atoms with Gasteiger partial charge in [-0.1, -0.05) is 84.0 Å². The minimum absolute atomic E-state index is 0.0472. The molecule has 0 bridgehead atoms. The van der Waals surface area contributed by atoms with Crippen molar-refractivity contribution in [3.63, 3.8) is 0 Å². The molecule has 0 aromatic carbocycles. The van der Waals surface area contributed by atoms with Crippen LogP contribution in [0.2, 0.25) is 0 Å². The number of carboxylic acids is 1. The van der Waals surface area contributed by atoms with Crippen LogP contribution in [0.15, 0.2) is 0 Å². The highest BCUT2D eigenvalue weighted by Crippen LogP contribution is 2.12. The van der Waals surface area contributed by atoms with Crippen molar-refractivity contribution >= 4 is 16.0 Å². The quantitative estimate of drug-likeness (QED) is 0.319. The summed E-state index contributed by atoms with van der Waals surface area (Å²) in [5.41, 5.74) is 0. The topological polar surface area (TPSA) is 86.3 Å². The van der Waals surface area contributed by atoms with E-state index in [0.29, 0.717) is 25.8 Å². The van der Waals surface area contributed by atoms with Crippen molar-refractivity contribution in [3.05, 3.63) is 0 Å². The summed E-state index contributed by atoms with van der Waals surface area (Å²) in [5.74, 6) is -0.846. The molecule has 0 aliphatic heterocycles. The monoisotopic (exact) mass is 390 g/mol. The molecule has 0 saturated heterocycles. The Kier molecular flexibility index (Phi) is 17.4. The minimum atomic E-state index is -3.18. The first-order valence-electron chi connectivity index (χ1n) is 10.6. The van der Waals surface area contributed by atoms with Crippen molar-refractivity contribution in [2.24, 2.45) is 0 Å². The van der Waals surface area contributed by atoms with E-state index in [2.05, 4.69) is 11.6 Å². The van der Waals surface area contributed by atoms with E-state index in [-0.39, 0.29) is 12.2 Å². The summed E-state index contributed by atoms with van der Waals surface area (Å²) in [6, 6.07) is 0. The van der Waals surface area contributed by atoms with Gasteiger partial charge in [0.05, 0.1) is 5.75 Å². The Morgan fingerprint density at radius 1 is 0.731 bits per heavy atom. The minimum Gasteiger partial charge on any atom is -0.550 e. The Morgan fingerprint density at radius 2 is 1.19 bits per heavy atom. The van der Waals surface area contributed by atoms with Crippen LogP contribution in [-0.2, 0) is 14.8 Å². The zero-order chi connectivity index (χ0) is 19.5. The third-order valence-corrected chi connectivity index (χ3v) is 6.12. The van der Waals surface area contributed by atoms with Gasteiger partial charge < -0.3 is 9.90 Å². The number of hydrogen-bond donors (Lipinski definition) is 1. The number of sulfonamides is 1. The van der Waals surface area contributed by atoms with Gasteiger partial charge in [0.2, 0.25) is 10.0 Å². The second-order valence-corrected chi connectivity index (χ2v) is 9.21. The molecular weight excluding hydrogens is 350 g/mol. The first-order valence-corrected chi connectivity index (χ1v) is 12.3. The lowest BCUT2D eigenvalue weighted by atomic mass is 10.1. The van der Waals surface area contributed by atoms with Crippen molar-refractivity contribution in [1.82, 2.24) is 4.72 Å². The molecule has 0 aliphatic carbocycles. The molecule has 0 saturated carbocycles. The molecule has 1 N–H and O–H groups in total. The first-order chi connectivity index (χ1) is 12.5. The normalized spacial score (nSPS) is 11.7. The maximum atomic E-state index is 11.8. The Bertz CT molecular complexity index is 424. The van der Waals surface area contributed by atoms with Crippen LogP contribution in [0.3, 0.4) is 0 Å². The molecule has 0 aromatic rings. The second kappa shape index (κ2) is 17.8. The summed E-state index contributed by atoms with van der Waals surface area (Å²) < 4.78 is 26.3. The third kappa shape index (κ3) is 19.7. The van der Waals surface area contributed by atoms with Gasteiger partial charge in [0.1, 0.15) is 0 Å². The molecule has 0 rings (SSSR count). The van der Waals surface area contributed by atoms with Gasteiger partial charge in [-0.25, -0.2) is 13.1 Å². The average Bonchev–Trinajstić information content (AvgIpc) is 2.58. The molecular formula is C20H40NO4S-. The molecule has 5 nitrogen and oxygen atoms in total. The summed E-state index contributed by atoms with van der Waals surface area (Å²) in [6.07, 6.45) is 16.7. The number of aliphatic carboxylic acids is 1. The summed E-state index contributed by atoms with van der Waals surface area (Å²) in [6.45, 7) is 2.64. The number of nitrogens with one attached hydrogen (secondary N) is 1. The zero-order valence-electron chi connectivity index (χ0n) is 16.8. The van der Waals surface area contributed by atoms with Gasteiger partial charge in [0, 0.05) is 12.5 Å². The van der Waals surface area contributed by atoms with E-state index in [9.17, 15) is 18.3 Å². The molecule has 0 aromatic heterocycles. The molecule has 0 amide bonds. The van der Waals surface area contributed by atoms with Crippen molar-refractivity contribution in [2.45, 2.75) is 110 Å². The van der Waals surface area contributed by atoms with Crippen LogP contribution in [0.25, 0.3) is 0 Å². The summed E-state index contributed by atoms with van der Waals surface area (Å²) in [4.78, 5) is 10.3. The molecule has 0 radical (unpaired) electrons. The van der Waals surface area contributed by atoms with Crippen molar-refractivity contribution in [3.8, 4) is 0 Å². The van der Waals surface area contributed by atoms with Gasteiger partial charge in [0.25, 0.3) is 0 Å². The van der Waals surface area contributed by atoms with Gasteiger partial charge in [-0.15, -0.1) is 0 Å². The number of carboxylic acid groups (broad SMARTS) is 1. The van der Waals surface area contributed by atoms with Crippen molar-refractivity contribution in [2.75, 3.05) is 12.3 Å². The van der Waals surface area contributed by atoms with E-state index in [1.165, 1.54) is 57.8 Å². The average molecular weight is 391 g/mol. The van der Waals surface area contributed by atoms with Crippen LogP contribution in [0.4, 0.5) is 0 Å². The fourth-order valence-electron chi connectivity index (χ4n) is 3.00. The van der Waals surface area contributed by atoms with E-state index in [1.807, 2.05) is 0 Å². The number of carbonyl (C=O) groups excluding carboxylic acids is 1. The lowest BCUT2D eigenvalue weighted by Gasteiger charge is -2.07. The third-order valence-electron chi connectivity index (χ3n) is 4.65. The predicted octanol–water partition coefficient (Wildman–Crippen LogP) is 3.92. The van der Waals surface area contributed by atoms with Gasteiger partial charge in [-0.05, 0) is 25.7 Å². The number of rotatable bonds is 20. The van der Waals surface area contributed by atoms with E-state index in [0.717, 1.165) is 19.3 Å². The van der Waals surface area contributed by atoms with Gasteiger partial charge in [-0.3, -0.25) is 0 Å². The van der Waals surface area contributed by atoms with Crippen LogP contribution in [0.5, 0.6) is 0 Å². The number of carbonyl (C=O) groups is 1. The summed E-state index contributed by atoms with van der Waals surface area (Å²) in [5, 5.41) is 10.3. The van der Waals surface area contributed by atoms with Crippen LogP contribution in [0.1, 0.15) is 110 Å². The van der Waals surface area contributed by atoms with E-state index >= 15 is 0 Å². The van der Waals surface area contributed by atoms with Crippen LogP contribution in [-0.4, -0.2) is 26.7 Å². The molecule has 0 heterocycles. The zero-order valence-corrected chi connectivity index (χ0v) is 17.6. The van der Waals surface area contributed by atoms with Crippen LogP contribution < -0.4 is 9.83 Å². The fraction of sp³-hybridized carbons (Fsp3) is 0.950. The Labute approximate surface area is 161 Å². The first kappa shape index (κ1) is 25.4. The van der Waals surface area contributed by atoms with Crippen molar-refractivity contribution < 1.29 is 18.3 Å². The number of hydrogen-bond acceptors (Lipinski definition) is 4. The van der Waals surface area contributed by atoms with Crippen molar-refractivity contribution in [1.29, 1.82) is 0 Å². The van der Waals surface area contributed by atoms with Crippen LogP contribution in [0, 0.1) is 0 Å². The van der Waals surface area contributed by atoms with E-state index in [4.69, 9.17) is 0 Å². The molecule has 0 unspecified atom stereocenters. The lowest BCUT2D eigenvalue weighted by Crippen LogP contribution is -2.27. The Hall–Kier alpha value is -0.620. The smallest absolute Gasteiger partial charge is 0.211 e. The molecule has 0 fully saturated rings. The molecule has 0 aliphatic rings. The lowest BCUT2D eigenvalue weighted by molar-refractivity contribution is -0.305. The highest BCUT2D eigenvalue weighted by atomic mass is 32.2. The largest absolute Gasteiger partial charge is 0.550 e. The second-order valence-electron chi connectivity index (χ2n) is 7.28. The number of unbranched alkanes of at least 4 members (excludes halogenated alkanes) is 13. The summed E-state index contributed by atoms with van der Waals surface area (Å²) in [7, 11) is -3.18. The maximum absolute atomic E-state index is 11.8. The molecule has 156 valence electrons. The molecule has 0 spiro atoms. The SMILES string of the molecule is CCCCCCCCCCCCCCS(=O)(=O)NCCCCCC(=O)[O-]. The Morgan fingerprint density at radius 3 is 1.69 bits per heavy atom. The van der Waals surface area contributed by atoms with E-state index in [1.54, 1.807) is 0 Å². The highest BCUT2D eigenvalue weighted by molar-refractivity contribution is 7.89. The standard InChI is InChI=1S/C20H41NO4S/c1-2-3-4-5-6-7-8-9-10-11-12-16-19-26(24,25)21-18-15-13-14-17-20(22)23/h21H,2-19H2,1H3,(H,22,23)/p-1. The van der Waals surface area contributed by atoms with Crippen LogP contribution >= 0.6 is 0 Å². The highest BCUT2D eigenvalue weighted by Gasteiger charge is 2.08. The Balaban J connectivity index is 3.36. The fourth-order valence-corrected chi connectivity index (χ4v) is 4.19. The maximum Gasteiger partial charge on any atom is 0.211 e. The van der Waals surface area contributed by atoms with Gasteiger partial charge in [-0.2, -0.15) is 0 Å². The van der Waals surface area contributed by atoms with Gasteiger partial charge >= 0.3 is 0 Å². The predicted molar refractivity (Wildman–Crippen MR) is 106 cm³/mol. The molecule has 0 atom stereocenters. The molecule has 26 heavy (non-hydrogen) atoms.